The van der Waals surface area contributed by atoms with Crippen LogP contribution in [0.2, 0.25) is 5.02 Å². The molecule has 1 aliphatic rings. The smallest absolute Gasteiger partial charge is 0.148 e. The van der Waals surface area contributed by atoms with E-state index >= 15 is 0 Å². The third-order valence-corrected chi connectivity index (χ3v) is 3.42. The molecule has 21 heavy (non-hydrogen) atoms. The lowest BCUT2D eigenvalue weighted by Crippen LogP contribution is -2.36. The average Bonchev–Trinajstić information content (AvgIpc) is 2.51. The molecule has 0 amide bonds. The van der Waals surface area contributed by atoms with Crippen LogP contribution in [0.4, 0.5) is 21.7 Å². The Morgan fingerprint density at radius 3 is 2.76 bits per heavy atom. The molecule has 0 bridgehead atoms. The van der Waals surface area contributed by atoms with Crippen molar-refractivity contribution in [3.63, 3.8) is 0 Å². The van der Waals surface area contributed by atoms with Crippen LogP contribution >= 0.6 is 11.6 Å². The number of morpholine rings is 1. The molecule has 2 heterocycles. The molecular weight excluding hydrogens is 295 g/mol. The molecular formula is C14H14ClFN4O. The summed E-state index contributed by atoms with van der Waals surface area (Å²) in [5, 5.41) is 3.29. The molecule has 1 N–H and O–H groups in total. The minimum atomic E-state index is -0.422. The molecule has 3 rings (SSSR count). The van der Waals surface area contributed by atoms with Gasteiger partial charge in [0.15, 0.2) is 0 Å². The molecule has 1 aliphatic heterocycles. The van der Waals surface area contributed by atoms with Crippen LogP contribution in [0.5, 0.6) is 0 Å². The summed E-state index contributed by atoms with van der Waals surface area (Å²) >= 11 is 5.73. The summed E-state index contributed by atoms with van der Waals surface area (Å²) in [6, 6.07) is 6.25. The van der Waals surface area contributed by atoms with Crippen LogP contribution in [0.1, 0.15) is 0 Å². The maximum atomic E-state index is 13.8. The molecule has 1 fully saturated rings. The SMILES string of the molecule is Fc1cc(Cl)ccc1Nc1cc(N2CCOCC2)ncn1. The highest BCUT2D eigenvalue weighted by Gasteiger charge is 2.13. The van der Waals surface area contributed by atoms with Gasteiger partial charge in [0.1, 0.15) is 23.8 Å². The van der Waals surface area contributed by atoms with Crippen LogP contribution in [0.25, 0.3) is 0 Å². The standard InChI is InChI=1S/C14H14ClFN4O/c15-10-1-2-12(11(16)7-10)19-13-8-14(18-9-17-13)20-3-5-21-6-4-20/h1-2,7-9H,3-6H2,(H,17,18,19). The number of anilines is 3. The van der Waals surface area contributed by atoms with Crippen molar-refractivity contribution in [2.45, 2.75) is 0 Å². The maximum absolute atomic E-state index is 13.8. The fourth-order valence-electron chi connectivity index (χ4n) is 2.11. The van der Waals surface area contributed by atoms with Gasteiger partial charge in [-0.15, -0.1) is 0 Å². The minimum Gasteiger partial charge on any atom is -0.378 e. The Morgan fingerprint density at radius 2 is 2.00 bits per heavy atom. The van der Waals surface area contributed by atoms with Crippen molar-refractivity contribution in [1.29, 1.82) is 0 Å². The molecule has 0 atom stereocenters. The monoisotopic (exact) mass is 308 g/mol. The van der Waals surface area contributed by atoms with Gasteiger partial charge in [-0.2, -0.15) is 0 Å². The highest BCUT2D eigenvalue weighted by atomic mass is 35.5. The van der Waals surface area contributed by atoms with E-state index in [9.17, 15) is 4.39 Å². The van der Waals surface area contributed by atoms with Crippen LogP contribution in [-0.2, 0) is 4.74 Å². The fraction of sp³-hybridized carbons (Fsp3) is 0.286. The Bertz CT molecular complexity index is 634. The van der Waals surface area contributed by atoms with Gasteiger partial charge in [0, 0.05) is 24.2 Å². The lowest BCUT2D eigenvalue weighted by atomic mass is 10.3. The Labute approximate surface area is 126 Å². The van der Waals surface area contributed by atoms with Gasteiger partial charge in [0.05, 0.1) is 18.9 Å². The number of hydrogen-bond donors (Lipinski definition) is 1. The molecule has 110 valence electrons. The van der Waals surface area contributed by atoms with Crippen LogP contribution in [0.3, 0.4) is 0 Å². The average molecular weight is 309 g/mol. The number of nitrogens with zero attached hydrogens (tertiary/aromatic N) is 3. The molecule has 1 aromatic heterocycles. The molecule has 5 nitrogen and oxygen atoms in total. The van der Waals surface area contributed by atoms with Gasteiger partial charge >= 0.3 is 0 Å². The normalized spacial score (nSPS) is 15.0. The summed E-state index contributed by atoms with van der Waals surface area (Å²) in [7, 11) is 0. The lowest BCUT2D eigenvalue weighted by Gasteiger charge is -2.27. The summed E-state index contributed by atoms with van der Waals surface area (Å²) < 4.78 is 19.1. The summed E-state index contributed by atoms with van der Waals surface area (Å²) in [5.41, 5.74) is 0.325. The molecule has 7 heteroatoms. The lowest BCUT2D eigenvalue weighted by molar-refractivity contribution is 0.122. The highest BCUT2D eigenvalue weighted by Crippen LogP contribution is 2.23. The quantitative estimate of drug-likeness (QED) is 0.945. The van der Waals surface area contributed by atoms with Crippen LogP contribution in [-0.4, -0.2) is 36.3 Å². The molecule has 1 aromatic carbocycles. The zero-order valence-electron chi connectivity index (χ0n) is 11.2. The van der Waals surface area contributed by atoms with Crippen molar-refractivity contribution in [3.05, 3.63) is 41.4 Å². The van der Waals surface area contributed by atoms with Gasteiger partial charge in [-0.1, -0.05) is 11.6 Å². The number of hydrogen-bond acceptors (Lipinski definition) is 5. The fourth-order valence-corrected chi connectivity index (χ4v) is 2.27. The Hall–Kier alpha value is -1.92. The van der Waals surface area contributed by atoms with E-state index in [1.54, 1.807) is 18.2 Å². The Kier molecular flexibility index (Phi) is 4.17. The maximum Gasteiger partial charge on any atom is 0.148 e. The van der Waals surface area contributed by atoms with Gasteiger partial charge < -0.3 is 15.0 Å². The molecule has 2 aromatic rings. The second-order valence-corrected chi connectivity index (χ2v) is 5.05. The number of rotatable bonds is 3. The van der Waals surface area contributed by atoms with Crippen LogP contribution < -0.4 is 10.2 Å². The van der Waals surface area contributed by atoms with Gasteiger partial charge in [0.2, 0.25) is 0 Å². The van der Waals surface area contributed by atoms with Crippen LogP contribution in [0, 0.1) is 5.82 Å². The number of nitrogens with one attached hydrogen (secondary N) is 1. The number of halogens is 2. The molecule has 0 unspecified atom stereocenters. The zero-order chi connectivity index (χ0) is 14.7. The van der Waals surface area contributed by atoms with Crippen molar-refractivity contribution in [2.24, 2.45) is 0 Å². The molecule has 0 radical (unpaired) electrons. The summed E-state index contributed by atoms with van der Waals surface area (Å²) in [6.45, 7) is 2.93. The molecule has 1 saturated heterocycles. The van der Waals surface area contributed by atoms with Crippen LogP contribution in [0.15, 0.2) is 30.6 Å². The first-order chi connectivity index (χ1) is 10.2. The largest absolute Gasteiger partial charge is 0.378 e. The van der Waals surface area contributed by atoms with Crippen molar-refractivity contribution >= 4 is 28.9 Å². The van der Waals surface area contributed by atoms with Gasteiger partial charge in [-0.3, -0.25) is 0 Å². The van der Waals surface area contributed by atoms with E-state index in [4.69, 9.17) is 16.3 Å². The molecule has 0 spiro atoms. The molecule has 0 saturated carbocycles. The predicted molar refractivity (Wildman–Crippen MR) is 79.8 cm³/mol. The van der Waals surface area contributed by atoms with E-state index in [1.807, 2.05) is 0 Å². The molecule has 0 aliphatic carbocycles. The Balaban J connectivity index is 1.79. The van der Waals surface area contributed by atoms with E-state index in [0.29, 0.717) is 29.7 Å². The third-order valence-electron chi connectivity index (χ3n) is 3.18. The summed E-state index contributed by atoms with van der Waals surface area (Å²) in [6.07, 6.45) is 1.46. The van der Waals surface area contributed by atoms with E-state index in [-0.39, 0.29) is 0 Å². The van der Waals surface area contributed by atoms with Gasteiger partial charge in [-0.05, 0) is 18.2 Å². The predicted octanol–water partition coefficient (Wildman–Crippen LogP) is 2.85. The van der Waals surface area contributed by atoms with Gasteiger partial charge in [0.25, 0.3) is 0 Å². The third kappa shape index (κ3) is 3.40. The number of ether oxygens (including phenoxy) is 1. The Morgan fingerprint density at radius 1 is 1.19 bits per heavy atom. The summed E-state index contributed by atoms with van der Waals surface area (Å²) in [5.74, 6) is 0.909. The van der Waals surface area contributed by atoms with Crippen molar-refractivity contribution in [2.75, 3.05) is 36.5 Å². The first-order valence-electron chi connectivity index (χ1n) is 6.59. The van der Waals surface area contributed by atoms with Crippen molar-refractivity contribution in [1.82, 2.24) is 9.97 Å². The van der Waals surface area contributed by atoms with E-state index in [2.05, 4.69) is 20.2 Å². The van der Waals surface area contributed by atoms with E-state index < -0.39 is 5.82 Å². The second kappa shape index (κ2) is 6.24. The number of benzene rings is 1. The topological polar surface area (TPSA) is 50.3 Å². The second-order valence-electron chi connectivity index (χ2n) is 4.61. The van der Waals surface area contributed by atoms with E-state index in [0.717, 1.165) is 18.9 Å². The minimum absolute atomic E-state index is 0.325. The zero-order valence-corrected chi connectivity index (χ0v) is 12.0. The van der Waals surface area contributed by atoms with Gasteiger partial charge in [-0.25, -0.2) is 14.4 Å². The van der Waals surface area contributed by atoms with E-state index in [1.165, 1.54) is 12.4 Å². The highest BCUT2D eigenvalue weighted by molar-refractivity contribution is 6.30. The first kappa shape index (κ1) is 14.0. The summed E-state index contributed by atoms with van der Waals surface area (Å²) in [4.78, 5) is 10.5. The number of aromatic nitrogens is 2. The van der Waals surface area contributed by atoms with Crippen molar-refractivity contribution in [3.8, 4) is 0 Å². The first-order valence-corrected chi connectivity index (χ1v) is 6.97. The van der Waals surface area contributed by atoms with Crippen molar-refractivity contribution < 1.29 is 9.13 Å².